The van der Waals surface area contributed by atoms with Crippen molar-refractivity contribution in [3.05, 3.63) is 23.8 Å². The molecule has 1 fully saturated rings. The number of anilines is 1. The second-order valence-corrected chi connectivity index (χ2v) is 6.05. The van der Waals surface area contributed by atoms with Crippen molar-refractivity contribution >= 4 is 5.69 Å². The summed E-state index contributed by atoms with van der Waals surface area (Å²) >= 11 is 0. The van der Waals surface area contributed by atoms with Crippen molar-refractivity contribution in [2.45, 2.75) is 45.6 Å². The predicted molar refractivity (Wildman–Crippen MR) is 85.4 cm³/mol. The lowest BCUT2D eigenvalue weighted by atomic mass is 10.0. The van der Waals surface area contributed by atoms with Crippen LogP contribution in [0.3, 0.4) is 0 Å². The number of nitrogens with zero attached hydrogens (tertiary/aromatic N) is 1. The summed E-state index contributed by atoms with van der Waals surface area (Å²) in [7, 11) is 2.13. The van der Waals surface area contributed by atoms with Crippen LogP contribution in [0.1, 0.15) is 51.1 Å². The highest BCUT2D eigenvalue weighted by atomic mass is 16.3. The number of aromatic hydroxyl groups is 1. The molecule has 0 aliphatic heterocycles. The molecule has 1 atom stereocenters. The standard InChI is InChI=1S/C17H28N2O/c1-4-18-13(2)16-10-9-15(11-17(16)20)19(3)12-14-7-5-6-8-14/h9-11,13-14,18,20H,4-8,12H2,1-3H3. The number of hydrogen-bond donors (Lipinski definition) is 2. The van der Waals surface area contributed by atoms with Gasteiger partial charge >= 0.3 is 0 Å². The first-order chi connectivity index (χ1) is 9.61. The smallest absolute Gasteiger partial charge is 0.122 e. The lowest BCUT2D eigenvalue weighted by Gasteiger charge is -2.24. The number of nitrogens with one attached hydrogen (secondary N) is 1. The van der Waals surface area contributed by atoms with Crippen molar-refractivity contribution < 1.29 is 5.11 Å². The Bertz CT molecular complexity index is 427. The molecule has 1 aromatic rings. The van der Waals surface area contributed by atoms with Gasteiger partial charge in [0.15, 0.2) is 0 Å². The molecule has 3 heteroatoms. The topological polar surface area (TPSA) is 35.5 Å². The Morgan fingerprint density at radius 1 is 1.35 bits per heavy atom. The molecule has 1 aromatic carbocycles. The zero-order valence-electron chi connectivity index (χ0n) is 13.0. The minimum Gasteiger partial charge on any atom is -0.508 e. The van der Waals surface area contributed by atoms with E-state index in [1.165, 1.54) is 25.7 Å². The van der Waals surface area contributed by atoms with Crippen LogP contribution in [-0.4, -0.2) is 25.2 Å². The summed E-state index contributed by atoms with van der Waals surface area (Å²) in [4.78, 5) is 2.28. The Morgan fingerprint density at radius 3 is 2.65 bits per heavy atom. The van der Waals surface area contributed by atoms with Gasteiger partial charge in [0.25, 0.3) is 0 Å². The molecule has 112 valence electrons. The van der Waals surface area contributed by atoms with Gasteiger partial charge in [-0.3, -0.25) is 0 Å². The first kappa shape index (κ1) is 15.2. The van der Waals surface area contributed by atoms with Crippen LogP contribution in [0.2, 0.25) is 0 Å². The Labute approximate surface area is 123 Å². The van der Waals surface area contributed by atoms with Crippen molar-refractivity contribution in [3.8, 4) is 5.75 Å². The van der Waals surface area contributed by atoms with Gasteiger partial charge in [-0.15, -0.1) is 0 Å². The van der Waals surface area contributed by atoms with Gasteiger partial charge < -0.3 is 15.3 Å². The number of phenolic OH excluding ortho intramolecular Hbond substituents is 1. The number of phenols is 1. The summed E-state index contributed by atoms with van der Waals surface area (Å²) in [6.45, 7) is 6.17. The molecule has 3 nitrogen and oxygen atoms in total. The maximum atomic E-state index is 10.2. The van der Waals surface area contributed by atoms with Crippen molar-refractivity contribution in [3.63, 3.8) is 0 Å². The Balaban J connectivity index is 2.03. The fourth-order valence-corrected chi connectivity index (χ4v) is 3.24. The Morgan fingerprint density at radius 2 is 2.05 bits per heavy atom. The molecule has 0 heterocycles. The molecule has 1 saturated carbocycles. The minimum absolute atomic E-state index is 0.189. The molecule has 0 amide bonds. The molecule has 0 spiro atoms. The van der Waals surface area contributed by atoms with E-state index in [1.807, 2.05) is 12.1 Å². The van der Waals surface area contributed by atoms with Gasteiger partial charge in [-0.1, -0.05) is 25.8 Å². The summed E-state index contributed by atoms with van der Waals surface area (Å²) in [6, 6.07) is 6.26. The van der Waals surface area contributed by atoms with Gasteiger partial charge in [0, 0.05) is 37.0 Å². The fraction of sp³-hybridized carbons (Fsp3) is 0.647. The molecule has 2 rings (SSSR count). The summed E-state index contributed by atoms with van der Waals surface area (Å²) in [6.07, 6.45) is 5.46. The van der Waals surface area contributed by atoms with E-state index in [2.05, 4.69) is 37.2 Å². The Hall–Kier alpha value is -1.22. The fourth-order valence-electron chi connectivity index (χ4n) is 3.24. The lowest BCUT2D eigenvalue weighted by molar-refractivity contribution is 0.454. The summed E-state index contributed by atoms with van der Waals surface area (Å²) in [5, 5.41) is 13.6. The quantitative estimate of drug-likeness (QED) is 0.832. The second kappa shape index (κ2) is 6.98. The van der Waals surface area contributed by atoms with Crippen LogP contribution in [0, 0.1) is 5.92 Å². The number of rotatable bonds is 6. The van der Waals surface area contributed by atoms with Gasteiger partial charge in [-0.25, -0.2) is 0 Å². The van der Waals surface area contributed by atoms with Crippen LogP contribution in [0.5, 0.6) is 5.75 Å². The maximum Gasteiger partial charge on any atom is 0.122 e. The molecular formula is C17H28N2O. The maximum absolute atomic E-state index is 10.2. The third-order valence-electron chi connectivity index (χ3n) is 4.44. The van der Waals surface area contributed by atoms with Crippen molar-refractivity contribution in [1.29, 1.82) is 0 Å². The van der Waals surface area contributed by atoms with E-state index in [1.54, 1.807) is 0 Å². The highest BCUT2D eigenvalue weighted by Gasteiger charge is 2.18. The van der Waals surface area contributed by atoms with Gasteiger partial charge in [-0.05, 0) is 38.3 Å². The molecular weight excluding hydrogens is 248 g/mol. The summed E-state index contributed by atoms with van der Waals surface area (Å²) in [5.41, 5.74) is 2.09. The van der Waals surface area contributed by atoms with Crippen LogP contribution in [0.25, 0.3) is 0 Å². The third kappa shape index (κ3) is 3.66. The Kier molecular flexibility index (Phi) is 5.30. The normalized spacial score (nSPS) is 17.4. The first-order valence-corrected chi connectivity index (χ1v) is 7.89. The molecule has 1 unspecified atom stereocenters. The van der Waals surface area contributed by atoms with E-state index in [9.17, 15) is 5.11 Å². The molecule has 1 aliphatic carbocycles. The molecule has 20 heavy (non-hydrogen) atoms. The highest BCUT2D eigenvalue weighted by Crippen LogP contribution is 2.31. The SMILES string of the molecule is CCNC(C)c1ccc(N(C)CC2CCCC2)cc1O. The predicted octanol–water partition coefficient (Wildman–Crippen LogP) is 3.69. The van der Waals surface area contributed by atoms with E-state index in [4.69, 9.17) is 0 Å². The van der Waals surface area contributed by atoms with E-state index in [0.717, 1.165) is 30.3 Å². The zero-order valence-corrected chi connectivity index (χ0v) is 13.0. The van der Waals surface area contributed by atoms with Gasteiger partial charge in [0.2, 0.25) is 0 Å². The molecule has 0 aromatic heterocycles. The average Bonchev–Trinajstić information content (AvgIpc) is 2.91. The molecule has 1 aliphatic rings. The summed E-state index contributed by atoms with van der Waals surface area (Å²) in [5.74, 6) is 1.22. The van der Waals surface area contributed by atoms with Gasteiger partial charge in [0.05, 0.1) is 0 Å². The number of benzene rings is 1. The minimum atomic E-state index is 0.189. The van der Waals surface area contributed by atoms with E-state index >= 15 is 0 Å². The van der Waals surface area contributed by atoms with Crippen molar-refractivity contribution in [2.24, 2.45) is 5.92 Å². The highest BCUT2D eigenvalue weighted by molar-refractivity contribution is 5.53. The average molecular weight is 276 g/mol. The van der Waals surface area contributed by atoms with Crippen LogP contribution in [0.15, 0.2) is 18.2 Å². The first-order valence-electron chi connectivity index (χ1n) is 7.89. The van der Waals surface area contributed by atoms with Crippen LogP contribution >= 0.6 is 0 Å². The lowest BCUT2D eigenvalue weighted by Crippen LogP contribution is -2.24. The van der Waals surface area contributed by atoms with E-state index < -0.39 is 0 Å². The van der Waals surface area contributed by atoms with E-state index in [0.29, 0.717) is 5.75 Å². The monoisotopic (exact) mass is 276 g/mol. The largest absolute Gasteiger partial charge is 0.508 e. The second-order valence-electron chi connectivity index (χ2n) is 6.05. The molecule has 0 bridgehead atoms. The van der Waals surface area contributed by atoms with Gasteiger partial charge in [0.1, 0.15) is 5.75 Å². The van der Waals surface area contributed by atoms with Gasteiger partial charge in [-0.2, -0.15) is 0 Å². The molecule has 0 radical (unpaired) electrons. The van der Waals surface area contributed by atoms with Crippen LogP contribution in [0.4, 0.5) is 5.69 Å². The third-order valence-corrected chi connectivity index (χ3v) is 4.44. The van der Waals surface area contributed by atoms with Crippen LogP contribution < -0.4 is 10.2 Å². The number of hydrogen-bond acceptors (Lipinski definition) is 3. The van der Waals surface area contributed by atoms with E-state index in [-0.39, 0.29) is 6.04 Å². The molecule has 2 N–H and O–H groups in total. The zero-order chi connectivity index (χ0) is 14.5. The van der Waals surface area contributed by atoms with Crippen molar-refractivity contribution in [2.75, 3.05) is 25.0 Å². The molecule has 0 saturated heterocycles. The summed E-state index contributed by atoms with van der Waals surface area (Å²) < 4.78 is 0. The van der Waals surface area contributed by atoms with Crippen molar-refractivity contribution in [1.82, 2.24) is 5.32 Å². The van der Waals surface area contributed by atoms with Crippen LogP contribution in [-0.2, 0) is 0 Å².